The Bertz CT molecular complexity index is 945. The Morgan fingerprint density at radius 3 is 2.38 bits per heavy atom. The van der Waals surface area contributed by atoms with Crippen molar-refractivity contribution in [1.82, 2.24) is 14.7 Å². The molecule has 170 valence electrons. The summed E-state index contributed by atoms with van der Waals surface area (Å²) in [6.45, 7) is 5.23. The number of carbonyl (C=O) groups excluding carboxylic acids is 2. The third kappa shape index (κ3) is 5.23. The molecule has 2 heterocycles. The molecule has 1 unspecified atom stereocenters. The first-order valence-corrected chi connectivity index (χ1v) is 11.2. The second-order valence-electron chi connectivity index (χ2n) is 8.05. The number of carbonyl (C=O) groups is 2. The van der Waals surface area contributed by atoms with Crippen molar-refractivity contribution in [2.45, 2.75) is 6.10 Å². The Morgan fingerprint density at radius 2 is 1.69 bits per heavy atom. The summed E-state index contributed by atoms with van der Waals surface area (Å²) in [5.74, 6) is 0.720. The fourth-order valence-corrected chi connectivity index (χ4v) is 4.37. The van der Waals surface area contributed by atoms with Crippen LogP contribution in [0, 0.1) is 0 Å². The summed E-state index contributed by atoms with van der Waals surface area (Å²) in [4.78, 5) is 31.6. The van der Waals surface area contributed by atoms with E-state index in [-0.39, 0.29) is 17.9 Å². The maximum atomic E-state index is 12.9. The smallest absolute Gasteiger partial charge is 0.255 e. The first-order valence-electron chi connectivity index (χ1n) is 10.9. The zero-order valence-corrected chi connectivity index (χ0v) is 19.0. The molecule has 2 saturated heterocycles. The van der Waals surface area contributed by atoms with Crippen molar-refractivity contribution in [3.63, 3.8) is 0 Å². The predicted octanol–water partition coefficient (Wildman–Crippen LogP) is 2.65. The summed E-state index contributed by atoms with van der Waals surface area (Å²) in [5, 5.41) is 0.471. The van der Waals surface area contributed by atoms with Gasteiger partial charge in [-0.25, -0.2) is 0 Å². The molecule has 7 nitrogen and oxygen atoms in total. The van der Waals surface area contributed by atoms with Gasteiger partial charge in [-0.05, 0) is 36.4 Å². The van der Waals surface area contributed by atoms with E-state index in [9.17, 15) is 9.59 Å². The lowest BCUT2D eigenvalue weighted by Gasteiger charge is -2.39. The number of ether oxygens (including phenoxy) is 2. The van der Waals surface area contributed by atoms with Crippen LogP contribution in [0.5, 0.6) is 5.75 Å². The molecule has 0 aliphatic carbocycles. The summed E-state index contributed by atoms with van der Waals surface area (Å²) >= 11 is 6.20. The third-order valence-corrected chi connectivity index (χ3v) is 6.32. The molecule has 2 aliphatic heterocycles. The zero-order chi connectivity index (χ0) is 22.5. The Hall–Kier alpha value is -2.61. The fourth-order valence-electron chi connectivity index (χ4n) is 4.16. The van der Waals surface area contributed by atoms with E-state index in [4.69, 9.17) is 21.1 Å². The number of hydrogen-bond acceptors (Lipinski definition) is 5. The molecule has 4 rings (SSSR count). The summed E-state index contributed by atoms with van der Waals surface area (Å²) < 4.78 is 11.1. The SMILES string of the molecule is COc1ccc(C(=O)N2CCN(CC3CN(C(=O)c4ccccc4Cl)CCO3)CC2)cc1. The molecule has 2 aliphatic rings. The largest absolute Gasteiger partial charge is 0.497 e. The van der Waals surface area contributed by atoms with Gasteiger partial charge in [0.25, 0.3) is 11.8 Å². The minimum atomic E-state index is -0.0567. The van der Waals surface area contributed by atoms with Crippen molar-refractivity contribution in [2.75, 3.05) is 59.5 Å². The Kier molecular flexibility index (Phi) is 7.29. The van der Waals surface area contributed by atoms with Crippen LogP contribution >= 0.6 is 11.6 Å². The van der Waals surface area contributed by atoms with Crippen molar-refractivity contribution in [3.8, 4) is 5.75 Å². The minimum Gasteiger partial charge on any atom is -0.497 e. The normalized spacial score (nSPS) is 19.6. The minimum absolute atomic E-state index is 0.0396. The van der Waals surface area contributed by atoms with Crippen molar-refractivity contribution >= 4 is 23.4 Å². The van der Waals surface area contributed by atoms with E-state index in [0.29, 0.717) is 48.9 Å². The topological polar surface area (TPSA) is 62.3 Å². The van der Waals surface area contributed by atoms with Gasteiger partial charge in [0.1, 0.15) is 5.75 Å². The van der Waals surface area contributed by atoms with Gasteiger partial charge in [-0.2, -0.15) is 0 Å². The Morgan fingerprint density at radius 1 is 0.969 bits per heavy atom. The van der Waals surface area contributed by atoms with Gasteiger partial charge in [-0.3, -0.25) is 14.5 Å². The van der Waals surface area contributed by atoms with Gasteiger partial charge in [0.15, 0.2) is 0 Å². The van der Waals surface area contributed by atoms with Gasteiger partial charge >= 0.3 is 0 Å². The average Bonchev–Trinajstić information content (AvgIpc) is 2.84. The number of halogens is 1. The molecule has 0 saturated carbocycles. The highest BCUT2D eigenvalue weighted by Gasteiger charge is 2.29. The second kappa shape index (κ2) is 10.3. The highest BCUT2D eigenvalue weighted by molar-refractivity contribution is 6.33. The average molecular weight is 458 g/mol. The van der Waals surface area contributed by atoms with E-state index in [0.717, 1.165) is 25.4 Å². The Labute approximate surface area is 193 Å². The summed E-state index contributed by atoms with van der Waals surface area (Å²) in [7, 11) is 1.61. The maximum Gasteiger partial charge on any atom is 0.255 e. The quantitative estimate of drug-likeness (QED) is 0.690. The van der Waals surface area contributed by atoms with Crippen LogP contribution in [-0.4, -0.2) is 92.1 Å². The molecule has 0 bridgehead atoms. The molecular formula is C24H28ClN3O4. The van der Waals surface area contributed by atoms with E-state index in [1.807, 2.05) is 21.9 Å². The number of amides is 2. The van der Waals surface area contributed by atoms with Crippen LogP contribution in [0.3, 0.4) is 0 Å². The monoisotopic (exact) mass is 457 g/mol. The van der Waals surface area contributed by atoms with Crippen LogP contribution in [0.2, 0.25) is 5.02 Å². The van der Waals surface area contributed by atoms with Gasteiger partial charge in [-0.15, -0.1) is 0 Å². The standard InChI is InChI=1S/C24H28ClN3O4/c1-31-19-8-6-18(7-9-19)23(29)27-12-10-26(11-13-27)16-20-17-28(14-15-32-20)24(30)21-4-2-3-5-22(21)25/h2-9,20H,10-17H2,1H3. The second-order valence-corrected chi connectivity index (χ2v) is 8.45. The molecule has 0 N–H and O–H groups in total. The lowest BCUT2D eigenvalue weighted by molar-refractivity contribution is -0.0399. The van der Waals surface area contributed by atoms with Crippen LogP contribution in [-0.2, 0) is 4.74 Å². The summed E-state index contributed by atoms with van der Waals surface area (Å²) in [6.07, 6.45) is -0.0565. The van der Waals surface area contributed by atoms with E-state index in [1.54, 1.807) is 43.5 Å². The first kappa shape index (κ1) is 22.6. The molecule has 2 fully saturated rings. The number of methoxy groups -OCH3 is 1. The van der Waals surface area contributed by atoms with E-state index < -0.39 is 0 Å². The number of hydrogen-bond donors (Lipinski definition) is 0. The first-order chi connectivity index (χ1) is 15.5. The highest BCUT2D eigenvalue weighted by Crippen LogP contribution is 2.20. The molecule has 2 aromatic carbocycles. The van der Waals surface area contributed by atoms with Gasteiger partial charge in [0.05, 0.1) is 30.4 Å². The van der Waals surface area contributed by atoms with E-state index >= 15 is 0 Å². The molecule has 0 spiro atoms. The van der Waals surface area contributed by atoms with Crippen LogP contribution in [0.4, 0.5) is 0 Å². The molecule has 0 aromatic heterocycles. The van der Waals surface area contributed by atoms with Crippen LogP contribution in [0.25, 0.3) is 0 Å². The fraction of sp³-hybridized carbons (Fsp3) is 0.417. The van der Waals surface area contributed by atoms with Crippen molar-refractivity contribution < 1.29 is 19.1 Å². The van der Waals surface area contributed by atoms with Gasteiger partial charge in [-0.1, -0.05) is 23.7 Å². The third-order valence-electron chi connectivity index (χ3n) is 5.99. The van der Waals surface area contributed by atoms with Crippen molar-refractivity contribution in [1.29, 1.82) is 0 Å². The van der Waals surface area contributed by atoms with E-state index in [1.165, 1.54) is 0 Å². The van der Waals surface area contributed by atoms with Crippen LogP contribution in [0.1, 0.15) is 20.7 Å². The predicted molar refractivity (Wildman–Crippen MR) is 122 cm³/mol. The number of rotatable bonds is 5. The van der Waals surface area contributed by atoms with E-state index in [2.05, 4.69) is 4.90 Å². The lowest BCUT2D eigenvalue weighted by atomic mass is 10.1. The van der Waals surface area contributed by atoms with Gasteiger partial charge in [0, 0.05) is 51.4 Å². The summed E-state index contributed by atoms with van der Waals surface area (Å²) in [6, 6.07) is 14.3. The molecule has 32 heavy (non-hydrogen) atoms. The number of piperazine rings is 1. The zero-order valence-electron chi connectivity index (χ0n) is 18.2. The number of benzene rings is 2. The molecule has 2 amide bonds. The molecule has 1 atom stereocenters. The number of morpholine rings is 1. The van der Waals surface area contributed by atoms with Gasteiger partial charge in [0.2, 0.25) is 0 Å². The van der Waals surface area contributed by atoms with Crippen molar-refractivity contribution in [2.24, 2.45) is 0 Å². The molecule has 0 radical (unpaired) electrons. The van der Waals surface area contributed by atoms with Crippen LogP contribution in [0.15, 0.2) is 48.5 Å². The Balaban J connectivity index is 1.28. The van der Waals surface area contributed by atoms with Gasteiger partial charge < -0.3 is 19.3 Å². The lowest BCUT2D eigenvalue weighted by Crippen LogP contribution is -2.54. The number of nitrogens with zero attached hydrogens (tertiary/aromatic N) is 3. The molecule has 8 heteroatoms. The summed E-state index contributed by atoms with van der Waals surface area (Å²) in [5.41, 5.74) is 1.20. The molecule has 2 aromatic rings. The highest BCUT2D eigenvalue weighted by atomic mass is 35.5. The molecular weight excluding hydrogens is 430 g/mol. The van der Waals surface area contributed by atoms with Crippen molar-refractivity contribution in [3.05, 3.63) is 64.7 Å². The maximum absolute atomic E-state index is 12.9. The van der Waals surface area contributed by atoms with Crippen LogP contribution < -0.4 is 4.74 Å².